The molecule has 1 amide bonds. The van der Waals surface area contributed by atoms with Gasteiger partial charge in [0, 0.05) is 0 Å². The molecule has 0 aromatic heterocycles. The highest BCUT2D eigenvalue weighted by Gasteiger charge is 2.63. The Morgan fingerprint density at radius 1 is 1.06 bits per heavy atom. The molecule has 0 unspecified atom stereocenters. The van der Waals surface area contributed by atoms with Gasteiger partial charge in [0.2, 0.25) is 0 Å². The third-order valence-corrected chi connectivity index (χ3v) is 5.55. The molecule has 0 atom stereocenters. The average molecular weight is 236 g/mol. The van der Waals surface area contributed by atoms with Crippen LogP contribution in [0, 0.1) is 23.7 Å². The Morgan fingerprint density at radius 2 is 1.62 bits per heavy atom. The molecule has 4 saturated carbocycles. The second kappa shape index (κ2) is 2.78. The largest absolute Gasteiger partial charge is 0.348 e. The summed E-state index contributed by atoms with van der Waals surface area (Å²) < 4.78 is 0. The van der Waals surface area contributed by atoms with Crippen molar-refractivity contribution in [3.8, 4) is 0 Å². The number of hydrogen-bond donors (Lipinski definition) is 2. The van der Waals surface area contributed by atoms with E-state index >= 15 is 0 Å². The van der Waals surface area contributed by atoms with E-state index in [1.165, 1.54) is 32.1 Å². The molecular formula is C12H16N2OS. The van der Waals surface area contributed by atoms with Gasteiger partial charge in [0.1, 0.15) is 5.54 Å². The van der Waals surface area contributed by atoms with Crippen LogP contribution < -0.4 is 10.6 Å². The van der Waals surface area contributed by atoms with Gasteiger partial charge in [0.25, 0.3) is 5.91 Å². The van der Waals surface area contributed by atoms with Crippen LogP contribution >= 0.6 is 12.2 Å². The molecule has 0 aromatic carbocycles. The average Bonchev–Trinajstić information content (AvgIpc) is 2.50. The summed E-state index contributed by atoms with van der Waals surface area (Å²) in [6.07, 6.45) is 6.34. The Hall–Kier alpha value is -0.640. The number of thiocarbonyl (C=S) groups is 1. The molecule has 0 aromatic rings. The molecule has 1 spiro atoms. The fraction of sp³-hybridized carbons (Fsp3) is 0.833. The lowest BCUT2D eigenvalue weighted by atomic mass is 9.48. The zero-order valence-electron chi connectivity index (χ0n) is 9.16. The third kappa shape index (κ3) is 0.950. The van der Waals surface area contributed by atoms with E-state index < -0.39 is 0 Å². The molecule has 3 nitrogen and oxygen atoms in total. The van der Waals surface area contributed by atoms with Crippen molar-refractivity contribution in [1.82, 2.24) is 10.6 Å². The minimum atomic E-state index is -0.315. The van der Waals surface area contributed by atoms with E-state index in [9.17, 15) is 4.79 Å². The van der Waals surface area contributed by atoms with Crippen molar-refractivity contribution in [3.63, 3.8) is 0 Å². The van der Waals surface area contributed by atoms with Gasteiger partial charge in [-0.3, -0.25) is 4.79 Å². The van der Waals surface area contributed by atoms with E-state index in [1.54, 1.807) is 0 Å². The molecule has 0 radical (unpaired) electrons. The van der Waals surface area contributed by atoms with Crippen LogP contribution in [-0.4, -0.2) is 16.6 Å². The molecule has 1 aliphatic heterocycles. The zero-order chi connectivity index (χ0) is 10.9. The number of amides is 1. The van der Waals surface area contributed by atoms with Crippen LogP contribution in [0.25, 0.3) is 0 Å². The standard InChI is InChI=1S/C12H16N2OS/c15-10-12(14-11(16)13-10)8-2-6-1-7(4-8)5-9(12)3-6/h6-9H,1-5H2,(H2,13,14,15,16). The van der Waals surface area contributed by atoms with Crippen molar-refractivity contribution in [3.05, 3.63) is 0 Å². The first-order chi connectivity index (χ1) is 7.68. The molecule has 4 heteroatoms. The van der Waals surface area contributed by atoms with E-state index in [-0.39, 0.29) is 11.4 Å². The summed E-state index contributed by atoms with van der Waals surface area (Å²) in [5.41, 5.74) is -0.315. The first-order valence-corrected chi connectivity index (χ1v) is 6.73. The first kappa shape index (κ1) is 9.40. The summed E-state index contributed by atoms with van der Waals surface area (Å²) in [6, 6.07) is 0. The van der Waals surface area contributed by atoms with Crippen molar-refractivity contribution in [2.24, 2.45) is 23.7 Å². The van der Waals surface area contributed by atoms with Crippen LogP contribution in [0.1, 0.15) is 32.1 Å². The van der Waals surface area contributed by atoms with Crippen molar-refractivity contribution in [2.75, 3.05) is 0 Å². The summed E-state index contributed by atoms with van der Waals surface area (Å²) in [5.74, 6) is 2.99. The minimum Gasteiger partial charge on any atom is -0.348 e. The Bertz CT molecular complexity index is 364. The number of nitrogens with one attached hydrogen (secondary N) is 2. The molecule has 5 rings (SSSR count). The van der Waals surface area contributed by atoms with Gasteiger partial charge in [0.15, 0.2) is 5.11 Å². The van der Waals surface area contributed by atoms with Gasteiger partial charge in [-0.25, -0.2) is 0 Å². The van der Waals surface area contributed by atoms with Gasteiger partial charge in [0.05, 0.1) is 0 Å². The Balaban J connectivity index is 1.79. The maximum Gasteiger partial charge on any atom is 0.252 e. The summed E-state index contributed by atoms with van der Waals surface area (Å²) in [6.45, 7) is 0. The van der Waals surface area contributed by atoms with E-state index in [4.69, 9.17) is 12.2 Å². The number of carbonyl (C=O) groups is 1. The van der Waals surface area contributed by atoms with Gasteiger partial charge in [-0.15, -0.1) is 0 Å². The molecule has 86 valence electrons. The second-order valence-electron chi connectivity index (χ2n) is 6.08. The highest BCUT2D eigenvalue weighted by atomic mass is 32.1. The van der Waals surface area contributed by atoms with Crippen LogP contribution in [0.15, 0.2) is 0 Å². The second-order valence-corrected chi connectivity index (χ2v) is 6.49. The number of carbonyl (C=O) groups excluding carboxylic acids is 1. The molecule has 4 aliphatic carbocycles. The predicted octanol–water partition coefficient (Wildman–Crippen LogP) is 1.19. The lowest BCUT2D eigenvalue weighted by molar-refractivity contribution is -0.140. The minimum absolute atomic E-state index is 0.159. The normalized spacial score (nSPS) is 53.2. The van der Waals surface area contributed by atoms with E-state index in [0.29, 0.717) is 16.9 Å². The van der Waals surface area contributed by atoms with Gasteiger partial charge in [-0.05, 0) is 68.0 Å². The number of rotatable bonds is 0. The smallest absolute Gasteiger partial charge is 0.252 e. The summed E-state index contributed by atoms with van der Waals surface area (Å²) >= 11 is 5.13. The van der Waals surface area contributed by atoms with Crippen LogP contribution in [0.5, 0.6) is 0 Å². The fourth-order valence-electron chi connectivity index (χ4n) is 4.98. The number of hydrogen-bond acceptors (Lipinski definition) is 2. The molecule has 1 saturated heterocycles. The van der Waals surface area contributed by atoms with Crippen LogP contribution in [-0.2, 0) is 4.79 Å². The molecule has 16 heavy (non-hydrogen) atoms. The monoisotopic (exact) mass is 236 g/mol. The van der Waals surface area contributed by atoms with Crippen LogP contribution in [0.3, 0.4) is 0 Å². The Kier molecular flexibility index (Phi) is 1.63. The van der Waals surface area contributed by atoms with Gasteiger partial charge in [-0.1, -0.05) is 0 Å². The molecule has 5 aliphatic rings. The Labute approximate surface area is 100 Å². The van der Waals surface area contributed by atoms with E-state index in [2.05, 4.69) is 10.6 Å². The molecular weight excluding hydrogens is 220 g/mol. The van der Waals surface area contributed by atoms with E-state index in [0.717, 1.165) is 11.8 Å². The van der Waals surface area contributed by atoms with Crippen molar-refractivity contribution in [2.45, 2.75) is 37.6 Å². The predicted molar refractivity (Wildman–Crippen MR) is 63.7 cm³/mol. The summed E-state index contributed by atoms with van der Waals surface area (Å²) in [7, 11) is 0. The van der Waals surface area contributed by atoms with Crippen LogP contribution in [0.2, 0.25) is 0 Å². The quantitative estimate of drug-likeness (QED) is 0.621. The maximum atomic E-state index is 12.2. The molecule has 1 heterocycles. The lowest BCUT2D eigenvalue weighted by Crippen LogP contribution is -2.66. The highest BCUT2D eigenvalue weighted by Crippen LogP contribution is 2.58. The lowest BCUT2D eigenvalue weighted by Gasteiger charge is -2.58. The first-order valence-electron chi connectivity index (χ1n) is 6.32. The Morgan fingerprint density at radius 3 is 2.06 bits per heavy atom. The molecule has 2 N–H and O–H groups in total. The van der Waals surface area contributed by atoms with Gasteiger partial charge in [-0.2, -0.15) is 0 Å². The SMILES string of the molecule is O=C1NC(=S)NC12C1CC3CC(C1)CC2C3. The van der Waals surface area contributed by atoms with Crippen molar-refractivity contribution >= 4 is 23.2 Å². The maximum absolute atomic E-state index is 12.2. The zero-order valence-corrected chi connectivity index (χ0v) is 9.98. The van der Waals surface area contributed by atoms with Gasteiger partial charge < -0.3 is 10.6 Å². The topological polar surface area (TPSA) is 41.1 Å². The fourth-order valence-corrected chi connectivity index (χ4v) is 5.25. The van der Waals surface area contributed by atoms with Crippen molar-refractivity contribution < 1.29 is 4.79 Å². The highest BCUT2D eigenvalue weighted by molar-refractivity contribution is 7.80. The van der Waals surface area contributed by atoms with Gasteiger partial charge >= 0.3 is 0 Å². The molecule has 4 bridgehead atoms. The third-order valence-electron chi connectivity index (χ3n) is 5.35. The van der Waals surface area contributed by atoms with Crippen LogP contribution in [0.4, 0.5) is 0 Å². The van der Waals surface area contributed by atoms with E-state index in [1.807, 2.05) is 0 Å². The summed E-state index contributed by atoms with van der Waals surface area (Å²) in [4.78, 5) is 12.2. The van der Waals surface area contributed by atoms with Crippen molar-refractivity contribution in [1.29, 1.82) is 0 Å². The molecule has 5 fully saturated rings. The summed E-state index contributed by atoms with van der Waals surface area (Å²) in [5, 5.41) is 6.70.